The van der Waals surface area contributed by atoms with E-state index in [1.165, 1.54) is 37.0 Å². The molecule has 1 fully saturated rings. The van der Waals surface area contributed by atoms with E-state index in [0.717, 1.165) is 10.6 Å². The number of benzene rings is 2. The van der Waals surface area contributed by atoms with Crippen LogP contribution in [0.2, 0.25) is 0 Å². The largest absolute Gasteiger partial charge is 0.508 e. The van der Waals surface area contributed by atoms with Gasteiger partial charge in [-0.2, -0.15) is 35.3 Å². The molecule has 0 radical (unpaired) electrons. The van der Waals surface area contributed by atoms with Crippen LogP contribution in [0.15, 0.2) is 58.5 Å². The fourth-order valence-electron chi connectivity index (χ4n) is 14.3. The number of phenolic OH excluding ortho intramolecular Hbond substituents is 1. The number of nitrogens with one attached hydrogen (secondary N) is 12. The molecule has 136 heavy (non-hydrogen) atoms. The number of ketones is 2. The van der Waals surface area contributed by atoms with Crippen molar-refractivity contribution < 1.29 is 134 Å². The number of anilines is 1. The predicted octanol–water partition coefficient (Wildman–Crippen LogP) is -1.96. The van der Waals surface area contributed by atoms with E-state index in [1.54, 1.807) is 75.5 Å². The van der Waals surface area contributed by atoms with E-state index in [0.29, 0.717) is 113 Å². The van der Waals surface area contributed by atoms with Crippen molar-refractivity contribution in [2.75, 3.05) is 186 Å². The van der Waals surface area contributed by atoms with E-state index in [2.05, 4.69) is 68.6 Å². The minimum absolute atomic E-state index is 0.0127. The zero-order valence-electron chi connectivity index (χ0n) is 77.8. The van der Waals surface area contributed by atoms with Crippen LogP contribution in [0.4, 0.5) is 15.3 Å². The van der Waals surface area contributed by atoms with E-state index in [9.17, 15) is 82.8 Å². The Labute approximate surface area is 804 Å². The summed E-state index contributed by atoms with van der Waals surface area (Å²) in [4.78, 5) is 201. The molecule has 0 aliphatic carbocycles. The summed E-state index contributed by atoms with van der Waals surface area (Å²) in [5.41, 5.74) is 19.6. The highest BCUT2D eigenvalue weighted by atomic mass is 32.2. The number of carbonyl (C=O) groups is 14. The molecular formula is C87H135N17O28S4. The number of thioether (sulfide) groups is 3. The summed E-state index contributed by atoms with van der Waals surface area (Å²) in [7, 11) is -2.47. The van der Waals surface area contributed by atoms with Gasteiger partial charge in [-0.3, -0.25) is 61.7 Å². The number of oxime groups is 1. The number of hydrogen-bond donors (Lipinski definition) is 19. The van der Waals surface area contributed by atoms with Crippen LogP contribution >= 0.6 is 35.3 Å². The van der Waals surface area contributed by atoms with Gasteiger partial charge in [-0.1, -0.05) is 58.3 Å². The smallest absolute Gasteiger partial charge is 0.407 e. The number of aliphatic hydroxyl groups is 3. The monoisotopic (exact) mass is 1990 g/mol. The number of urea groups is 1. The summed E-state index contributed by atoms with van der Waals surface area (Å²) in [6.07, 6.45) is -0.543. The Morgan fingerprint density at radius 2 is 1.35 bits per heavy atom. The first-order valence-corrected chi connectivity index (χ1v) is 50.1. The molecule has 0 saturated carbocycles. The van der Waals surface area contributed by atoms with Crippen molar-refractivity contribution in [2.45, 2.75) is 152 Å². The number of carbonyl (C=O) groups excluding carboxylic acids is 14. The van der Waals surface area contributed by atoms with Crippen LogP contribution < -0.4 is 75.7 Å². The minimum Gasteiger partial charge on any atom is -0.508 e. The Hall–Kier alpha value is -10.0. The van der Waals surface area contributed by atoms with Crippen molar-refractivity contribution in [3.8, 4) is 5.75 Å². The van der Waals surface area contributed by atoms with Gasteiger partial charge < -0.3 is 149 Å². The Morgan fingerprint density at radius 3 is 1.95 bits per heavy atom. The van der Waals surface area contributed by atoms with Crippen molar-refractivity contribution in [3.63, 3.8) is 0 Å². The van der Waals surface area contributed by atoms with Crippen molar-refractivity contribution in [1.82, 2.24) is 63.1 Å². The first kappa shape index (κ1) is 115. The number of nitrogens with two attached hydrogens (primary N) is 3. The average Bonchev–Trinajstić information content (AvgIpc) is 1.61. The molecule has 1 unspecified atom stereocenters. The maximum absolute atomic E-state index is 15.3. The number of nitrogens with zero attached hydrogens (tertiary/aromatic N) is 2. The third kappa shape index (κ3) is 40.9. The number of amides is 13. The van der Waals surface area contributed by atoms with E-state index in [1.807, 2.05) is 12.5 Å². The lowest BCUT2D eigenvalue weighted by Gasteiger charge is -2.32. The van der Waals surface area contributed by atoms with Gasteiger partial charge in [0.1, 0.15) is 47.6 Å². The lowest BCUT2D eigenvalue weighted by atomic mass is 9.85. The van der Waals surface area contributed by atoms with Crippen LogP contribution in [-0.2, 0) is 130 Å². The third-order valence-corrected chi connectivity index (χ3v) is 25.5. The molecule has 22 N–H and O–H groups in total. The highest BCUT2D eigenvalue weighted by Gasteiger charge is 2.46. The zero-order valence-corrected chi connectivity index (χ0v) is 81.1. The predicted molar refractivity (Wildman–Crippen MR) is 506 cm³/mol. The molecule has 2 aromatic carbocycles. The van der Waals surface area contributed by atoms with E-state index < -0.39 is 236 Å². The number of fused-ring (bicyclic) bond motifs is 5. The van der Waals surface area contributed by atoms with E-state index in [4.69, 9.17) is 59.9 Å². The van der Waals surface area contributed by atoms with Crippen LogP contribution in [0.25, 0.3) is 10.9 Å². The number of Topliss-reactive ketones (excluding diaryl/α,β-unsaturated/α-hetero) is 2. The molecule has 6 rings (SSSR count). The number of rotatable bonds is 55. The van der Waals surface area contributed by atoms with Crippen LogP contribution in [0, 0.1) is 29.6 Å². The summed E-state index contributed by atoms with van der Waals surface area (Å²) >= 11 is 4.48. The second-order valence-electron chi connectivity index (χ2n) is 32.7. The van der Waals surface area contributed by atoms with Crippen LogP contribution in [0.3, 0.4) is 0 Å². The van der Waals surface area contributed by atoms with Gasteiger partial charge in [0.2, 0.25) is 53.2 Å². The van der Waals surface area contributed by atoms with Crippen molar-refractivity contribution in [3.05, 3.63) is 65.0 Å². The fourth-order valence-corrected chi connectivity index (χ4v) is 17.7. The number of aromatic nitrogens is 1. The molecule has 13 atom stereocenters. The number of primary amides is 2. The molecule has 13 amide bonds. The number of ether oxygens (including phenoxy) is 8. The Bertz CT molecular complexity index is 4470. The number of hydrogen-bond acceptors (Lipinski definition) is 34. The molecule has 3 aromatic rings. The molecule has 3 aliphatic rings. The molecule has 4 heterocycles. The summed E-state index contributed by atoms with van der Waals surface area (Å²) in [6.45, 7) is 9.76. The zero-order chi connectivity index (χ0) is 99.6. The van der Waals surface area contributed by atoms with Crippen molar-refractivity contribution in [1.29, 1.82) is 0 Å². The molecule has 49 heteroatoms. The average molecular weight is 2000 g/mol. The molecule has 0 spiro atoms. The van der Waals surface area contributed by atoms with E-state index >= 15 is 9.00 Å². The lowest BCUT2D eigenvalue weighted by Crippen LogP contribution is -2.60. The maximum atomic E-state index is 15.3. The summed E-state index contributed by atoms with van der Waals surface area (Å²) in [5, 5.41) is 76.6. The van der Waals surface area contributed by atoms with E-state index in [-0.39, 0.29) is 103 Å². The Balaban J connectivity index is 0.875. The first-order chi connectivity index (χ1) is 65.2. The molecule has 1 saturated heterocycles. The second-order valence-corrected chi connectivity index (χ2v) is 37.0. The molecule has 3 aliphatic heterocycles. The highest BCUT2D eigenvalue weighted by molar-refractivity contribution is 8.00. The topological polar surface area (TPSA) is 662 Å². The summed E-state index contributed by atoms with van der Waals surface area (Å²) < 4.78 is 60.1. The second kappa shape index (κ2) is 62.7. The van der Waals surface area contributed by atoms with Gasteiger partial charge in [0.15, 0.2) is 18.2 Å². The molecule has 45 nitrogen and oxygen atoms in total. The third-order valence-electron chi connectivity index (χ3n) is 21.9. The molecular weight excluding hydrogens is 1860 g/mol. The van der Waals surface area contributed by atoms with Crippen LogP contribution in [0.5, 0.6) is 5.75 Å². The first-order valence-electron chi connectivity index (χ1n) is 44.9. The SMILES string of the molecule is CC[C@H](C)[C@@H]1CC(=O)CNC(=O)[C@H]2CC(=O)[C@H]([C@@H](C)[C@@H](O)CO)NC(=O)[C@@H]3C[C@@H](O)CN3C(=O)[C@H](CC(N)=O)NC(=O)[C@@H](CS(=O)c3[nH]c4c(CSCCOCCOCCOCCOCCOCCOCCOCCN/C=C(\N)CNC(=O)OCc5ccc(NC(=O)[C@H](CCCNC(N)=O)NC(=O)[C@@H](NC(=O)CON=C(CSC)CSC)C(C)C)cc5)c(O)ccc4c3C2)NC(=O)CNC1=O. The minimum atomic E-state index is -2.47. The van der Waals surface area contributed by atoms with Crippen molar-refractivity contribution in [2.24, 2.45) is 51.9 Å². The number of alkyl carbamates (subject to hydrolysis) is 1. The Morgan fingerprint density at radius 1 is 0.721 bits per heavy atom. The van der Waals surface area contributed by atoms with Gasteiger partial charge in [-0.25, -0.2) is 9.59 Å². The number of phenols is 1. The van der Waals surface area contributed by atoms with Crippen LogP contribution in [0.1, 0.15) is 96.3 Å². The van der Waals surface area contributed by atoms with Gasteiger partial charge in [-0.15, -0.1) is 0 Å². The number of aromatic hydroxyl groups is 1. The van der Waals surface area contributed by atoms with Gasteiger partial charge in [0.25, 0.3) is 5.91 Å². The van der Waals surface area contributed by atoms with Crippen molar-refractivity contribution >= 4 is 151 Å². The molecule has 2 bridgehead atoms. The summed E-state index contributed by atoms with van der Waals surface area (Å²) in [6, 6.07) is -0.592. The van der Waals surface area contributed by atoms with Crippen LogP contribution in [-0.4, -0.2) is 352 Å². The van der Waals surface area contributed by atoms with Gasteiger partial charge in [0.05, 0.1) is 171 Å². The molecule has 760 valence electrons. The fraction of sp³-hybridized carbons (Fsp3) is 0.644. The highest BCUT2D eigenvalue weighted by Crippen LogP contribution is 2.37. The quantitative estimate of drug-likeness (QED) is 0.0166. The van der Waals surface area contributed by atoms with Gasteiger partial charge in [-0.05, 0) is 79.0 Å². The maximum Gasteiger partial charge on any atom is 0.407 e. The number of H-pyrrole nitrogens is 1. The molecule has 1 aromatic heterocycles. The lowest BCUT2D eigenvalue weighted by molar-refractivity contribution is -0.144. The normalized spacial score (nSPS) is 20.1. The Kier molecular flexibility index (Phi) is 52.9. The van der Waals surface area contributed by atoms with Gasteiger partial charge in [0, 0.05) is 108 Å². The number of aromatic amines is 1. The standard InChI is InChI=1S/C87H135N17O28S4/c1-8-52(4)62-36-59(106)41-93-78(114)55-34-63-61-15-16-69(108)64(77(61)102-84(63)136(123)50-67(97-73(112)42-94-79(62)115)81(117)99-66(38-72(89)111)85(120)104-43-60(107)37-68(104)82(118)101-76(70(109)35-55)53(5)71(110)44-105)49-135-33-32-130-31-30-129-29-28-128-27-26-127-25-24-126-23-22-125-21-20-124-19-18-91-39-56(88)40-95-87(122)131-45-54-11-13-57(14-12-54)96-80(116)65(10-9-17-92-86(90)121)98-83(119)75(51(2)3)100-74(113)46-132-103-58(47-133-6)48-134-7/h11-16,39,51-53,55,60,62,65-68,71,75-76,91,102,105,107-108,110H,8-10,17-38,40-50,88H2,1-7H3,(H2,89,111)(H,93,114)(H,94,115)(H,95,122)(H,96,116)(H,97,112)(H,98,119)(H,99,117)(H,100,113)(H,101,118)(H3,90,92,121)/b56-39-/t52-,53-,55+,60+,62-,65-,66-,67+,68-,71-,75-,76-,136?/m0/s1. The summed E-state index contributed by atoms with van der Waals surface area (Å²) in [5.74, 6) is -14.2. The number of aliphatic hydroxyl groups excluding tert-OH is 3. The van der Waals surface area contributed by atoms with Gasteiger partial charge >= 0.3 is 12.1 Å².